The summed E-state index contributed by atoms with van der Waals surface area (Å²) < 4.78 is 0. The molecule has 0 bridgehead atoms. The van der Waals surface area contributed by atoms with E-state index >= 15 is 0 Å². The average Bonchev–Trinajstić information content (AvgIpc) is 2.32. The Labute approximate surface area is 105 Å². The first-order chi connectivity index (χ1) is 8.13. The highest BCUT2D eigenvalue weighted by Gasteiger charge is 2.19. The van der Waals surface area contributed by atoms with Gasteiger partial charge in [0.25, 0.3) is 0 Å². The summed E-state index contributed by atoms with van der Waals surface area (Å²) in [5.74, 6) is 0.885. The monoisotopic (exact) mass is 242 g/mol. The quantitative estimate of drug-likeness (QED) is 0.705. The molecular formula is C13H26N2O2. The zero-order chi connectivity index (χ0) is 12.7. The number of aliphatic hydroxyl groups excluding tert-OH is 1. The van der Waals surface area contributed by atoms with E-state index in [2.05, 4.69) is 11.9 Å². The van der Waals surface area contributed by atoms with Crippen LogP contribution >= 0.6 is 0 Å². The van der Waals surface area contributed by atoms with E-state index in [0.29, 0.717) is 12.3 Å². The van der Waals surface area contributed by atoms with E-state index in [9.17, 15) is 4.79 Å². The molecule has 1 rings (SSSR count). The van der Waals surface area contributed by atoms with E-state index in [0.717, 1.165) is 32.5 Å². The maximum atomic E-state index is 11.8. The number of rotatable bonds is 6. The highest BCUT2D eigenvalue weighted by atomic mass is 16.3. The minimum atomic E-state index is 0.186. The van der Waals surface area contributed by atoms with Crippen molar-refractivity contribution in [3.8, 4) is 0 Å². The molecular weight excluding hydrogens is 216 g/mol. The first-order valence-corrected chi connectivity index (χ1v) is 6.67. The maximum Gasteiger partial charge on any atom is 0.222 e. The molecule has 0 aromatic carbocycles. The zero-order valence-electron chi connectivity index (χ0n) is 11.2. The molecule has 0 aromatic rings. The number of carbonyl (C=O) groups is 1. The van der Waals surface area contributed by atoms with Gasteiger partial charge < -0.3 is 14.9 Å². The normalized spacial score (nSPS) is 18.3. The number of piperidine rings is 1. The van der Waals surface area contributed by atoms with Gasteiger partial charge in [0.15, 0.2) is 0 Å². The number of likely N-dealkylation sites (tertiary alicyclic amines) is 1. The molecule has 0 atom stereocenters. The van der Waals surface area contributed by atoms with Gasteiger partial charge in [0, 0.05) is 26.6 Å². The second-order valence-corrected chi connectivity index (χ2v) is 5.20. The van der Waals surface area contributed by atoms with Gasteiger partial charge in [-0.05, 0) is 51.7 Å². The summed E-state index contributed by atoms with van der Waals surface area (Å²) in [5.41, 5.74) is 0. The molecule has 0 radical (unpaired) electrons. The van der Waals surface area contributed by atoms with E-state index in [4.69, 9.17) is 5.11 Å². The molecule has 1 aliphatic rings. The van der Waals surface area contributed by atoms with Crippen molar-refractivity contribution >= 4 is 5.91 Å². The van der Waals surface area contributed by atoms with Crippen molar-refractivity contribution in [2.75, 3.05) is 40.3 Å². The van der Waals surface area contributed by atoms with Gasteiger partial charge in [-0.3, -0.25) is 4.79 Å². The first kappa shape index (κ1) is 14.5. The molecule has 0 saturated carbocycles. The zero-order valence-corrected chi connectivity index (χ0v) is 11.2. The first-order valence-electron chi connectivity index (χ1n) is 6.67. The van der Waals surface area contributed by atoms with Crippen molar-refractivity contribution in [3.63, 3.8) is 0 Å². The van der Waals surface area contributed by atoms with Crippen LogP contribution in [0.5, 0.6) is 0 Å². The minimum Gasteiger partial charge on any atom is -0.396 e. The fourth-order valence-corrected chi connectivity index (χ4v) is 2.31. The van der Waals surface area contributed by atoms with Crippen LogP contribution in [0.4, 0.5) is 0 Å². The fraction of sp³-hybridized carbons (Fsp3) is 0.923. The van der Waals surface area contributed by atoms with Gasteiger partial charge in [-0.2, -0.15) is 0 Å². The summed E-state index contributed by atoms with van der Waals surface area (Å²) >= 11 is 0. The third-order valence-electron chi connectivity index (χ3n) is 3.59. The molecule has 4 heteroatoms. The number of carbonyl (C=O) groups excluding carboxylic acids is 1. The van der Waals surface area contributed by atoms with Crippen molar-refractivity contribution in [1.82, 2.24) is 9.80 Å². The second kappa shape index (κ2) is 7.67. The van der Waals surface area contributed by atoms with Crippen LogP contribution in [0.25, 0.3) is 0 Å². The van der Waals surface area contributed by atoms with Crippen LogP contribution in [0.15, 0.2) is 0 Å². The van der Waals surface area contributed by atoms with E-state index < -0.39 is 0 Å². The van der Waals surface area contributed by atoms with Crippen LogP contribution < -0.4 is 0 Å². The molecule has 1 saturated heterocycles. The van der Waals surface area contributed by atoms with Crippen molar-refractivity contribution < 1.29 is 9.90 Å². The largest absolute Gasteiger partial charge is 0.396 e. The Morgan fingerprint density at radius 2 is 2.00 bits per heavy atom. The number of nitrogens with zero attached hydrogens (tertiary/aromatic N) is 2. The van der Waals surface area contributed by atoms with E-state index in [1.807, 2.05) is 11.9 Å². The molecule has 1 N–H and O–H groups in total. The molecule has 0 aliphatic carbocycles. The van der Waals surface area contributed by atoms with Crippen molar-refractivity contribution in [3.05, 3.63) is 0 Å². The molecule has 1 fully saturated rings. The van der Waals surface area contributed by atoms with Crippen molar-refractivity contribution in [1.29, 1.82) is 0 Å². The van der Waals surface area contributed by atoms with E-state index in [1.54, 1.807) is 0 Å². The lowest BCUT2D eigenvalue weighted by atomic mass is 9.96. The van der Waals surface area contributed by atoms with Gasteiger partial charge in [-0.15, -0.1) is 0 Å². The Bertz CT molecular complexity index is 225. The summed E-state index contributed by atoms with van der Waals surface area (Å²) in [6, 6.07) is 0. The van der Waals surface area contributed by atoms with Crippen LogP contribution in [0.2, 0.25) is 0 Å². The molecule has 0 aromatic heterocycles. The number of unbranched alkanes of at least 4 members (excludes halogenated alkanes) is 1. The van der Waals surface area contributed by atoms with Gasteiger partial charge in [-0.25, -0.2) is 0 Å². The second-order valence-electron chi connectivity index (χ2n) is 5.20. The number of hydrogen-bond acceptors (Lipinski definition) is 3. The van der Waals surface area contributed by atoms with Crippen LogP contribution in [-0.2, 0) is 4.79 Å². The number of aliphatic hydroxyl groups is 1. The molecule has 0 spiro atoms. The minimum absolute atomic E-state index is 0.186. The van der Waals surface area contributed by atoms with Crippen LogP contribution in [0.1, 0.15) is 32.1 Å². The van der Waals surface area contributed by atoms with Gasteiger partial charge >= 0.3 is 0 Å². The van der Waals surface area contributed by atoms with Crippen LogP contribution in [-0.4, -0.2) is 61.2 Å². The summed E-state index contributed by atoms with van der Waals surface area (Å²) in [5, 5.41) is 8.67. The molecule has 17 heavy (non-hydrogen) atoms. The van der Waals surface area contributed by atoms with Gasteiger partial charge in [0.2, 0.25) is 5.91 Å². The van der Waals surface area contributed by atoms with E-state index in [-0.39, 0.29) is 12.5 Å². The SMILES string of the molecule is CN1CCC(CN(C)C(=O)CCCCO)CC1. The Balaban J connectivity index is 2.19. The smallest absolute Gasteiger partial charge is 0.222 e. The number of amides is 1. The summed E-state index contributed by atoms with van der Waals surface area (Å²) in [6.45, 7) is 3.38. The lowest BCUT2D eigenvalue weighted by Gasteiger charge is -2.31. The Kier molecular flexibility index (Phi) is 6.52. The lowest BCUT2D eigenvalue weighted by molar-refractivity contribution is -0.130. The third-order valence-corrected chi connectivity index (χ3v) is 3.59. The molecule has 0 unspecified atom stereocenters. The standard InChI is InChI=1S/C13H26N2O2/c1-14-8-6-12(7-9-14)11-15(2)13(17)5-3-4-10-16/h12,16H,3-11H2,1-2H3. The van der Waals surface area contributed by atoms with Crippen molar-refractivity contribution in [2.45, 2.75) is 32.1 Å². The molecule has 100 valence electrons. The van der Waals surface area contributed by atoms with Gasteiger partial charge in [0.1, 0.15) is 0 Å². The molecule has 1 aliphatic heterocycles. The van der Waals surface area contributed by atoms with Crippen molar-refractivity contribution in [2.24, 2.45) is 5.92 Å². The van der Waals surface area contributed by atoms with Crippen LogP contribution in [0.3, 0.4) is 0 Å². The predicted molar refractivity (Wildman–Crippen MR) is 68.8 cm³/mol. The predicted octanol–water partition coefficient (Wildman–Crippen LogP) is 0.949. The Morgan fingerprint density at radius 3 is 2.59 bits per heavy atom. The van der Waals surface area contributed by atoms with Crippen LogP contribution in [0, 0.1) is 5.92 Å². The molecule has 1 amide bonds. The van der Waals surface area contributed by atoms with Gasteiger partial charge in [-0.1, -0.05) is 0 Å². The van der Waals surface area contributed by atoms with E-state index in [1.165, 1.54) is 12.8 Å². The highest BCUT2D eigenvalue weighted by Crippen LogP contribution is 2.17. The Morgan fingerprint density at radius 1 is 1.35 bits per heavy atom. The van der Waals surface area contributed by atoms with Gasteiger partial charge in [0.05, 0.1) is 0 Å². The summed E-state index contributed by atoms with van der Waals surface area (Å²) in [4.78, 5) is 16.0. The number of hydrogen-bond donors (Lipinski definition) is 1. The summed E-state index contributed by atoms with van der Waals surface area (Å²) in [6.07, 6.45) is 4.50. The lowest BCUT2D eigenvalue weighted by Crippen LogP contribution is -2.37. The average molecular weight is 242 g/mol. The third kappa shape index (κ3) is 5.50. The summed E-state index contributed by atoms with van der Waals surface area (Å²) in [7, 11) is 4.06. The Hall–Kier alpha value is -0.610. The maximum absolute atomic E-state index is 11.8. The topological polar surface area (TPSA) is 43.8 Å². The fourth-order valence-electron chi connectivity index (χ4n) is 2.31. The highest BCUT2D eigenvalue weighted by molar-refractivity contribution is 5.75. The molecule has 4 nitrogen and oxygen atoms in total. The molecule has 1 heterocycles.